The Morgan fingerprint density at radius 3 is 2.60 bits per heavy atom. The Labute approximate surface area is 117 Å². The molecule has 2 rings (SSSR count). The van der Waals surface area contributed by atoms with Crippen LogP contribution in [-0.4, -0.2) is 11.7 Å². The van der Waals surface area contributed by atoms with Gasteiger partial charge in [-0.1, -0.05) is 36.1 Å². The summed E-state index contributed by atoms with van der Waals surface area (Å²) in [6.45, 7) is 1.85. The first kappa shape index (κ1) is 14.1. The topological polar surface area (TPSA) is 29.5 Å². The van der Waals surface area contributed by atoms with E-state index in [1.807, 2.05) is 24.3 Å². The molecule has 0 atom stereocenters. The first-order valence-electron chi connectivity index (χ1n) is 6.27. The van der Waals surface area contributed by atoms with Crippen molar-refractivity contribution < 1.29 is 14.2 Å². The van der Waals surface area contributed by atoms with Crippen LogP contribution >= 0.6 is 0 Å². The number of ether oxygens (including phenoxy) is 1. The third-order valence-corrected chi connectivity index (χ3v) is 2.82. The van der Waals surface area contributed by atoms with Crippen LogP contribution in [0.2, 0.25) is 0 Å². The Morgan fingerprint density at radius 2 is 1.90 bits per heavy atom. The fourth-order valence-corrected chi connectivity index (χ4v) is 1.72. The molecule has 0 saturated carbocycles. The number of halogens is 1. The van der Waals surface area contributed by atoms with Gasteiger partial charge in [-0.25, -0.2) is 4.39 Å². The van der Waals surface area contributed by atoms with E-state index in [2.05, 4.69) is 11.8 Å². The van der Waals surface area contributed by atoms with Crippen LogP contribution in [-0.2, 0) is 6.61 Å². The first-order valence-corrected chi connectivity index (χ1v) is 6.27. The minimum absolute atomic E-state index is 0.155. The van der Waals surface area contributed by atoms with Gasteiger partial charge in [0.2, 0.25) is 0 Å². The van der Waals surface area contributed by atoms with Gasteiger partial charge in [-0.3, -0.25) is 0 Å². The lowest BCUT2D eigenvalue weighted by atomic mass is 10.1. The molecule has 20 heavy (non-hydrogen) atoms. The van der Waals surface area contributed by atoms with E-state index in [1.165, 1.54) is 0 Å². The van der Waals surface area contributed by atoms with Gasteiger partial charge in [0, 0.05) is 5.56 Å². The molecule has 0 unspecified atom stereocenters. The highest BCUT2D eigenvalue weighted by Gasteiger charge is 2.05. The molecule has 1 N–H and O–H groups in total. The van der Waals surface area contributed by atoms with Gasteiger partial charge in [0.25, 0.3) is 0 Å². The van der Waals surface area contributed by atoms with E-state index >= 15 is 0 Å². The summed E-state index contributed by atoms with van der Waals surface area (Å²) in [6, 6.07) is 12.5. The molecule has 0 aliphatic heterocycles. The van der Waals surface area contributed by atoms with Crippen molar-refractivity contribution in [3.05, 3.63) is 65.0 Å². The summed E-state index contributed by atoms with van der Waals surface area (Å²) < 4.78 is 19.2. The second-order valence-electron chi connectivity index (χ2n) is 4.33. The number of aliphatic hydroxyl groups is 1. The van der Waals surface area contributed by atoms with E-state index in [-0.39, 0.29) is 18.2 Å². The summed E-state index contributed by atoms with van der Waals surface area (Å²) in [7, 11) is 0. The van der Waals surface area contributed by atoms with Crippen LogP contribution in [0.15, 0.2) is 42.5 Å². The van der Waals surface area contributed by atoms with Crippen LogP contribution < -0.4 is 4.74 Å². The molecule has 0 spiro atoms. The molecule has 2 aromatic rings. The summed E-state index contributed by atoms with van der Waals surface area (Å²) in [5.74, 6) is 5.33. The molecular formula is C17H15FO2. The maximum atomic E-state index is 13.7. The molecule has 0 aliphatic carbocycles. The number of benzene rings is 2. The van der Waals surface area contributed by atoms with E-state index in [0.717, 1.165) is 11.1 Å². The maximum absolute atomic E-state index is 13.7. The van der Waals surface area contributed by atoms with E-state index in [1.54, 1.807) is 25.1 Å². The molecule has 0 bridgehead atoms. The van der Waals surface area contributed by atoms with Gasteiger partial charge in [-0.05, 0) is 36.2 Å². The average Bonchev–Trinajstić information content (AvgIpc) is 2.48. The monoisotopic (exact) mass is 270 g/mol. The predicted molar refractivity (Wildman–Crippen MR) is 75.9 cm³/mol. The molecule has 2 aromatic carbocycles. The number of rotatable bonds is 3. The van der Waals surface area contributed by atoms with E-state index in [4.69, 9.17) is 9.84 Å². The molecule has 0 fully saturated rings. The fourth-order valence-electron chi connectivity index (χ4n) is 1.72. The second-order valence-corrected chi connectivity index (χ2v) is 4.33. The maximum Gasteiger partial charge on any atom is 0.167 e. The Bertz CT molecular complexity index is 636. The molecule has 0 radical (unpaired) electrons. The van der Waals surface area contributed by atoms with E-state index < -0.39 is 0 Å². The van der Waals surface area contributed by atoms with Gasteiger partial charge >= 0.3 is 0 Å². The molecule has 0 aliphatic rings. The van der Waals surface area contributed by atoms with Gasteiger partial charge in [-0.2, -0.15) is 0 Å². The molecule has 3 heteroatoms. The molecule has 0 aromatic heterocycles. The summed E-state index contributed by atoms with van der Waals surface area (Å²) in [5.41, 5.74) is 2.32. The third kappa shape index (κ3) is 3.59. The van der Waals surface area contributed by atoms with Crippen molar-refractivity contribution in [2.75, 3.05) is 6.61 Å². The Morgan fingerprint density at radius 1 is 1.15 bits per heavy atom. The van der Waals surface area contributed by atoms with Crippen molar-refractivity contribution in [3.8, 4) is 17.6 Å². The van der Waals surface area contributed by atoms with Gasteiger partial charge in [0.15, 0.2) is 11.6 Å². The minimum Gasteiger partial charge on any atom is -0.486 e. The summed E-state index contributed by atoms with van der Waals surface area (Å²) >= 11 is 0. The number of hydrogen-bond acceptors (Lipinski definition) is 2. The van der Waals surface area contributed by atoms with Crippen LogP contribution in [0.5, 0.6) is 5.75 Å². The van der Waals surface area contributed by atoms with Crippen LogP contribution in [0.1, 0.15) is 16.7 Å². The third-order valence-electron chi connectivity index (χ3n) is 2.82. The molecule has 2 nitrogen and oxygen atoms in total. The van der Waals surface area contributed by atoms with Crippen molar-refractivity contribution >= 4 is 0 Å². The van der Waals surface area contributed by atoms with Gasteiger partial charge in [0.05, 0.1) is 0 Å². The molecule has 0 saturated heterocycles. The highest BCUT2D eigenvalue weighted by molar-refractivity contribution is 5.36. The zero-order valence-electron chi connectivity index (χ0n) is 11.2. The Kier molecular flexibility index (Phi) is 4.75. The summed E-state index contributed by atoms with van der Waals surface area (Å²) in [4.78, 5) is 0. The smallest absolute Gasteiger partial charge is 0.167 e. The van der Waals surface area contributed by atoms with Crippen molar-refractivity contribution in [3.63, 3.8) is 0 Å². The van der Waals surface area contributed by atoms with Gasteiger partial charge in [-0.15, -0.1) is 0 Å². The SMILES string of the molecule is Cc1cccc(OCc2ccc(C#CCO)cc2)c1F. The molecule has 0 amide bonds. The summed E-state index contributed by atoms with van der Waals surface area (Å²) in [5, 5.41) is 8.61. The van der Waals surface area contributed by atoms with Crippen molar-refractivity contribution in [2.45, 2.75) is 13.5 Å². The van der Waals surface area contributed by atoms with Crippen molar-refractivity contribution in [2.24, 2.45) is 0 Å². The Balaban J connectivity index is 2.02. The standard InChI is InChI=1S/C17H15FO2/c1-13-4-2-6-16(17(13)18)20-12-15-9-7-14(8-10-15)5-3-11-19/h2,4,6-10,19H,11-12H2,1H3. The summed E-state index contributed by atoms with van der Waals surface area (Å²) in [6.07, 6.45) is 0. The lowest BCUT2D eigenvalue weighted by Gasteiger charge is -2.08. The van der Waals surface area contributed by atoms with Gasteiger partial charge in [0.1, 0.15) is 13.2 Å². The lowest BCUT2D eigenvalue weighted by Crippen LogP contribution is -1.98. The molecule has 102 valence electrons. The van der Waals surface area contributed by atoms with Crippen molar-refractivity contribution in [1.29, 1.82) is 0 Å². The zero-order chi connectivity index (χ0) is 14.4. The van der Waals surface area contributed by atoms with Crippen LogP contribution in [0, 0.1) is 24.6 Å². The largest absolute Gasteiger partial charge is 0.486 e. The van der Waals surface area contributed by atoms with Crippen molar-refractivity contribution in [1.82, 2.24) is 0 Å². The quantitative estimate of drug-likeness (QED) is 0.869. The normalized spacial score (nSPS) is 9.75. The van der Waals surface area contributed by atoms with Crippen LogP contribution in [0.4, 0.5) is 4.39 Å². The molecule has 0 heterocycles. The first-order chi connectivity index (χ1) is 9.70. The number of aliphatic hydroxyl groups excluding tert-OH is 1. The fraction of sp³-hybridized carbons (Fsp3) is 0.176. The number of hydrogen-bond donors (Lipinski definition) is 1. The highest BCUT2D eigenvalue weighted by Crippen LogP contribution is 2.20. The van der Waals surface area contributed by atoms with Gasteiger partial charge < -0.3 is 9.84 Å². The van der Waals surface area contributed by atoms with Crippen LogP contribution in [0.3, 0.4) is 0 Å². The average molecular weight is 270 g/mol. The minimum atomic E-state index is -0.321. The lowest BCUT2D eigenvalue weighted by molar-refractivity contribution is 0.289. The number of aryl methyl sites for hydroxylation is 1. The van der Waals surface area contributed by atoms with Crippen LogP contribution in [0.25, 0.3) is 0 Å². The highest BCUT2D eigenvalue weighted by atomic mass is 19.1. The Hall–Kier alpha value is -2.31. The van der Waals surface area contributed by atoms with E-state index in [9.17, 15) is 4.39 Å². The zero-order valence-corrected chi connectivity index (χ0v) is 11.2. The second kappa shape index (κ2) is 6.74. The molecular weight excluding hydrogens is 255 g/mol. The predicted octanol–water partition coefficient (Wildman–Crippen LogP) is 3.06. The van der Waals surface area contributed by atoms with E-state index in [0.29, 0.717) is 12.2 Å².